The molecule has 5 amide bonds. The van der Waals surface area contributed by atoms with Crippen LogP contribution in [0.2, 0.25) is 0 Å². The summed E-state index contributed by atoms with van der Waals surface area (Å²) in [7, 11) is -4.00. The van der Waals surface area contributed by atoms with Gasteiger partial charge in [0.1, 0.15) is 23.7 Å². The molecular formula is C35H42F3N5O8S. The van der Waals surface area contributed by atoms with E-state index in [-0.39, 0.29) is 32.4 Å². The lowest BCUT2D eigenvalue weighted by atomic mass is 10.0. The van der Waals surface area contributed by atoms with Crippen molar-refractivity contribution in [3.63, 3.8) is 0 Å². The van der Waals surface area contributed by atoms with E-state index in [1.165, 1.54) is 11.0 Å². The fourth-order valence-electron chi connectivity index (χ4n) is 7.18. The quantitative estimate of drug-likeness (QED) is 0.357. The van der Waals surface area contributed by atoms with E-state index >= 15 is 0 Å². The predicted octanol–water partition coefficient (Wildman–Crippen LogP) is 3.19. The Morgan fingerprint density at radius 1 is 1.12 bits per heavy atom. The van der Waals surface area contributed by atoms with Crippen molar-refractivity contribution in [1.82, 2.24) is 25.2 Å². The van der Waals surface area contributed by atoms with Gasteiger partial charge in [0.05, 0.1) is 24.8 Å². The number of halogens is 3. The van der Waals surface area contributed by atoms with Crippen LogP contribution in [0.4, 0.5) is 18.0 Å². The van der Waals surface area contributed by atoms with E-state index in [1.54, 1.807) is 0 Å². The molecule has 0 unspecified atom stereocenters. The molecule has 5 aliphatic rings. The Labute approximate surface area is 299 Å². The summed E-state index contributed by atoms with van der Waals surface area (Å²) in [5.41, 5.74) is 1.05. The Hall–Kier alpha value is -4.41. The molecule has 1 aromatic rings. The summed E-state index contributed by atoms with van der Waals surface area (Å²) < 4.78 is 74.3. The number of carbonyl (C=O) groups excluding carboxylic acids is 5. The number of fused-ring (bicyclic) bond motifs is 3. The van der Waals surface area contributed by atoms with Gasteiger partial charge in [-0.05, 0) is 55.2 Å². The van der Waals surface area contributed by atoms with Gasteiger partial charge in [-0.3, -0.25) is 28.8 Å². The molecule has 1 aromatic carbocycles. The maximum Gasteiger partial charge on any atom is 0.410 e. The number of carbonyl (C=O) groups is 5. The number of nitrogens with one attached hydrogen (secondary N) is 3. The van der Waals surface area contributed by atoms with Crippen molar-refractivity contribution in [2.45, 2.75) is 112 Å². The maximum absolute atomic E-state index is 14.0. The highest BCUT2D eigenvalue weighted by Gasteiger charge is 2.62. The number of nitrogens with zero attached hydrogens (tertiary/aromatic N) is 2. The first-order valence-corrected chi connectivity index (χ1v) is 19.0. The van der Waals surface area contributed by atoms with E-state index in [1.807, 2.05) is 35.1 Å². The van der Waals surface area contributed by atoms with Gasteiger partial charge < -0.3 is 20.3 Å². The molecule has 52 heavy (non-hydrogen) atoms. The first kappa shape index (κ1) is 37.4. The first-order chi connectivity index (χ1) is 24.6. The Morgan fingerprint density at radius 3 is 2.58 bits per heavy atom. The zero-order valence-electron chi connectivity index (χ0n) is 28.5. The van der Waals surface area contributed by atoms with Crippen LogP contribution in [0.5, 0.6) is 0 Å². The minimum Gasteiger partial charge on any atom is -0.444 e. The van der Waals surface area contributed by atoms with Gasteiger partial charge in [-0.2, -0.15) is 13.2 Å². The molecule has 4 bridgehead atoms. The molecule has 3 aliphatic heterocycles. The molecule has 13 nitrogen and oxygen atoms in total. The van der Waals surface area contributed by atoms with Crippen LogP contribution in [0.25, 0.3) is 6.08 Å². The van der Waals surface area contributed by atoms with Gasteiger partial charge in [0.25, 0.3) is 5.91 Å². The van der Waals surface area contributed by atoms with E-state index in [0.29, 0.717) is 38.5 Å². The summed E-state index contributed by atoms with van der Waals surface area (Å²) in [5.74, 6) is -4.61. The van der Waals surface area contributed by atoms with Crippen molar-refractivity contribution in [3.8, 4) is 0 Å². The van der Waals surface area contributed by atoms with Gasteiger partial charge in [-0.1, -0.05) is 42.8 Å². The van der Waals surface area contributed by atoms with Gasteiger partial charge in [0.15, 0.2) is 0 Å². The van der Waals surface area contributed by atoms with Crippen molar-refractivity contribution >= 4 is 45.8 Å². The highest BCUT2D eigenvalue weighted by molar-refractivity contribution is 7.91. The van der Waals surface area contributed by atoms with Crippen LogP contribution in [0.15, 0.2) is 36.9 Å². The smallest absolute Gasteiger partial charge is 0.410 e. The monoisotopic (exact) mass is 749 g/mol. The molecule has 2 saturated carbocycles. The summed E-state index contributed by atoms with van der Waals surface area (Å²) in [6.45, 7) is 3.66. The molecule has 5 atom stereocenters. The van der Waals surface area contributed by atoms with Crippen LogP contribution in [-0.2, 0) is 47.0 Å². The summed E-state index contributed by atoms with van der Waals surface area (Å²) in [4.78, 5) is 69.8. The number of amides is 5. The molecule has 0 spiro atoms. The molecule has 3 fully saturated rings. The number of benzene rings is 1. The van der Waals surface area contributed by atoms with Gasteiger partial charge in [-0.15, -0.1) is 6.58 Å². The topological polar surface area (TPSA) is 171 Å². The Bertz CT molecular complexity index is 1780. The molecule has 1 saturated heterocycles. The van der Waals surface area contributed by atoms with Crippen molar-refractivity contribution in [3.05, 3.63) is 53.6 Å². The van der Waals surface area contributed by atoms with Crippen LogP contribution in [0, 0.1) is 5.92 Å². The third kappa shape index (κ3) is 8.29. The molecule has 282 valence electrons. The van der Waals surface area contributed by atoms with Crippen LogP contribution in [0.3, 0.4) is 0 Å². The van der Waals surface area contributed by atoms with E-state index in [9.17, 15) is 45.6 Å². The summed E-state index contributed by atoms with van der Waals surface area (Å²) in [5, 5.41) is 4.02. The second-order valence-electron chi connectivity index (χ2n) is 14.2. The average Bonchev–Trinajstić information content (AvgIpc) is 3.96. The molecule has 0 radical (unpaired) electrons. The number of sulfonamides is 1. The highest BCUT2D eigenvalue weighted by Crippen LogP contribution is 2.45. The number of hydrogen-bond donors (Lipinski definition) is 3. The first-order valence-electron chi connectivity index (χ1n) is 17.5. The van der Waals surface area contributed by atoms with E-state index < -0.39 is 93.8 Å². The van der Waals surface area contributed by atoms with Gasteiger partial charge >= 0.3 is 12.3 Å². The third-order valence-electron chi connectivity index (χ3n) is 10.3. The summed E-state index contributed by atoms with van der Waals surface area (Å²) >= 11 is 0. The Balaban J connectivity index is 1.27. The summed E-state index contributed by atoms with van der Waals surface area (Å²) in [6, 6.07) is 2.10. The van der Waals surface area contributed by atoms with E-state index in [2.05, 4.69) is 17.2 Å². The molecule has 2 aliphatic carbocycles. The zero-order valence-corrected chi connectivity index (χ0v) is 29.3. The lowest BCUT2D eigenvalue weighted by molar-refractivity contribution is -0.157. The SMILES string of the molecule is C=C[C@@H]1C[C@]1(NC(=O)[C@@H]1C[C@@H]2CN1C(=O)[C@H](CC(F)(F)F)NC(=O)CCCCCC=Cc1cccc3c1CN(C3)C(=O)O2)C(=O)NS(=O)(=O)C1CC1. The molecule has 17 heteroatoms. The van der Waals surface area contributed by atoms with E-state index in [4.69, 9.17) is 4.74 Å². The van der Waals surface area contributed by atoms with Crippen molar-refractivity contribution in [2.24, 2.45) is 5.92 Å². The molecule has 3 heterocycles. The van der Waals surface area contributed by atoms with E-state index in [0.717, 1.165) is 21.6 Å². The maximum atomic E-state index is 14.0. The largest absolute Gasteiger partial charge is 0.444 e. The standard InChI is InChI=1S/C35H42F3N5O8S/c1-2-23-16-34(23,32(47)41-52(49,50)25-13-14-25)40-30(45)28-15-24-19-43(28)31(46)27(17-35(36,37)38)39-29(44)12-7-5-3-4-6-9-21-10-8-11-22-18-42(20-26(21)22)33(48)51-24/h2,6,8-11,23-25,27-28H,1,3-5,7,12-20H2,(H,39,44)(H,40,45)(H,41,47)/t23-,24-,27+,28+,34-/m1/s1. The van der Waals surface area contributed by atoms with Crippen LogP contribution in [-0.4, -0.2) is 89.6 Å². The fourth-order valence-corrected chi connectivity index (χ4v) is 8.54. The van der Waals surface area contributed by atoms with Gasteiger partial charge in [-0.25, -0.2) is 13.2 Å². The van der Waals surface area contributed by atoms with Gasteiger partial charge in [0, 0.05) is 25.3 Å². The second kappa shape index (κ2) is 14.5. The second-order valence-corrected chi connectivity index (χ2v) is 16.2. The Morgan fingerprint density at radius 2 is 1.88 bits per heavy atom. The minimum atomic E-state index is -4.87. The normalized spacial score (nSPS) is 28.5. The van der Waals surface area contributed by atoms with Crippen molar-refractivity contribution in [1.29, 1.82) is 0 Å². The number of ether oxygens (including phenoxy) is 1. The zero-order chi connectivity index (χ0) is 37.4. The number of alkyl halides is 3. The lowest BCUT2D eigenvalue weighted by Gasteiger charge is -2.30. The number of allylic oxidation sites excluding steroid dienone is 1. The molecule has 3 N–H and O–H groups in total. The fraction of sp³-hybridized carbons (Fsp3) is 0.571. The minimum absolute atomic E-state index is 0.00715. The average molecular weight is 750 g/mol. The van der Waals surface area contributed by atoms with Crippen molar-refractivity contribution in [2.75, 3.05) is 6.54 Å². The Kier molecular flexibility index (Phi) is 10.4. The third-order valence-corrected chi connectivity index (χ3v) is 12.1. The molecule has 6 rings (SSSR count). The predicted molar refractivity (Wildman–Crippen MR) is 180 cm³/mol. The van der Waals surface area contributed by atoms with Crippen LogP contribution >= 0.6 is 0 Å². The van der Waals surface area contributed by atoms with Crippen LogP contribution in [0.1, 0.15) is 80.9 Å². The van der Waals surface area contributed by atoms with Gasteiger partial charge in [0.2, 0.25) is 27.7 Å². The number of hydrogen-bond acceptors (Lipinski definition) is 8. The highest BCUT2D eigenvalue weighted by atomic mass is 32.2. The summed E-state index contributed by atoms with van der Waals surface area (Å²) in [6.07, 6.45) is -0.462. The lowest BCUT2D eigenvalue weighted by Crippen LogP contribution is -2.58. The molecule has 0 aromatic heterocycles. The molecular weight excluding hydrogens is 707 g/mol. The number of rotatable bonds is 7. The van der Waals surface area contributed by atoms with Crippen LogP contribution < -0.4 is 15.4 Å². The van der Waals surface area contributed by atoms with Crippen molar-refractivity contribution < 1.29 is 50.3 Å².